The van der Waals surface area contributed by atoms with Crippen molar-refractivity contribution in [3.8, 4) is 11.5 Å². The number of amides is 2. The fraction of sp³-hybridized carbons (Fsp3) is 0.286. The largest absolute Gasteiger partial charge is 0.865 e. The van der Waals surface area contributed by atoms with Crippen molar-refractivity contribution in [1.82, 2.24) is 10.6 Å². The zero-order valence-electron chi connectivity index (χ0n) is 12.4. The van der Waals surface area contributed by atoms with Crippen molar-refractivity contribution < 1.29 is 24.4 Å². The highest BCUT2D eigenvalue weighted by Crippen LogP contribution is 2.39. The molecule has 1 heterocycles. The van der Waals surface area contributed by atoms with E-state index in [1.807, 2.05) is 0 Å². The predicted octanol–water partition coefficient (Wildman–Crippen LogP) is 0.750. The summed E-state index contributed by atoms with van der Waals surface area (Å²) in [6.45, 7) is 4.96. The Kier molecular flexibility index (Phi) is 4.21. The third kappa shape index (κ3) is 2.93. The third-order valence-corrected chi connectivity index (χ3v) is 3.54. The Morgan fingerprint density at radius 3 is 2.61 bits per heavy atom. The molecule has 2 unspecified atom stereocenters. The summed E-state index contributed by atoms with van der Waals surface area (Å²) < 4.78 is 4.86. The summed E-state index contributed by atoms with van der Waals surface area (Å²) >= 11 is 0. The lowest BCUT2D eigenvalue weighted by molar-refractivity contribution is -0.398. The first-order chi connectivity index (χ1) is 10.8. The van der Waals surface area contributed by atoms with Crippen LogP contribution in [0, 0.1) is 16.0 Å². The normalized spacial score (nSPS) is 20.4. The minimum Gasteiger partial charge on any atom is -0.865 e. The Morgan fingerprint density at radius 2 is 2.09 bits per heavy atom. The number of Topliss-reactive ketones (excluding diaryl/α,β-unsaturated/α-hetero) is 1. The number of hydrogen-bond donors (Lipinski definition) is 2. The van der Waals surface area contributed by atoms with Crippen LogP contribution in [0.2, 0.25) is 0 Å². The lowest BCUT2D eigenvalue weighted by Gasteiger charge is -2.33. The maximum Gasteiger partial charge on any atom is 0.319 e. The van der Waals surface area contributed by atoms with E-state index in [1.165, 1.54) is 20.1 Å². The van der Waals surface area contributed by atoms with Crippen LogP contribution in [0.25, 0.3) is 0 Å². The average molecular weight is 320 g/mol. The van der Waals surface area contributed by atoms with Crippen molar-refractivity contribution in [2.45, 2.75) is 13.0 Å². The van der Waals surface area contributed by atoms with E-state index in [9.17, 15) is 24.8 Å². The molecule has 1 aromatic carbocycles. The zero-order chi connectivity index (χ0) is 17.3. The van der Waals surface area contributed by atoms with Crippen LogP contribution in [0.4, 0.5) is 10.5 Å². The van der Waals surface area contributed by atoms with Gasteiger partial charge < -0.3 is 20.5 Å². The maximum atomic E-state index is 11.9. The zero-order valence-corrected chi connectivity index (χ0v) is 12.4. The monoisotopic (exact) mass is 320 g/mol. The van der Waals surface area contributed by atoms with E-state index < -0.39 is 34.4 Å². The van der Waals surface area contributed by atoms with Crippen molar-refractivity contribution >= 4 is 17.5 Å². The van der Waals surface area contributed by atoms with E-state index in [4.69, 9.17) is 4.74 Å². The number of urea groups is 1. The number of nitro benzene ring substituents is 1. The molecule has 2 rings (SSSR count). The van der Waals surface area contributed by atoms with Gasteiger partial charge in [0.25, 0.3) is 5.69 Å². The second-order valence-electron chi connectivity index (χ2n) is 5.02. The number of nitro groups is 1. The van der Waals surface area contributed by atoms with Gasteiger partial charge in [-0.15, -0.1) is 0 Å². The first-order valence-electron chi connectivity index (χ1n) is 6.56. The number of nitrogens with one attached hydrogen (secondary N) is 2. The number of ketones is 1. The Bertz CT molecular complexity index is 715. The second-order valence-corrected chi connectivity index (χ2v) is 5.02. The molecule has 1 aliphatic rings. The molecule has 1 saturated heterocycles. The van der Waals surface area contributed by atoms with Crippen LogP contribution in [0.3, 0.4) is 0 Å². The fourth-order valence-electron chi connectivity index (χ4n) is 2.52. The number of carbonyl (C=O) groups is 2. The SMILES string of the molecule is C=C1NC(=O)NC(c2cc(OC)c([O-])c([N+](=O)[O-])c2)C1C(C)=O. The molecule has 23 heavy (non-hydrogen) atoms. The van der Waals surface area contributed by atoms with Gasteiger partial charge in [0, 0.05) is 17.5 Å². The summed E-state index contributed by atoms with van der Waals surface area (Å²) in [5.74, 6) is -2.23. The molecule has 2 N–H and O–H groups in total. The standard InChI is InChI=1S/C14H15N3O6/c1-6-11(7(2)18)12(16-14(20)15-6)8-4-9(17(21)22)13(19)10(5-8)23-3/h4-5,11-12,19H,1H2,2-3H3,(H2,15,16,20)/p-1. The first-order valence-corrected chi connectivity index (χ1v) is 6.56. The number of ether oxygens (including phenoxy) is 1. The summed E-state index contributed by atoms with van der Waals surface area (Å²) in [5, 5.41) is 27.8. The summed E-state index contributed by atoms with van der Waals surface area (Å²) in [6, 6.07) is 0.825. The highest BCUT2D eigenvalue weighted by atomic mass is 16.6. The van der Waals surface area contributed by atoms with E-state index in [2.05, 4.69) is 17.2 Å². The van der Waals surface area contributed by atoms with Crippen molar-refractivity contribution in [1.29, 1.82) is 0 Å². The fourth-order valence-corrected chi connectivity index (χ4v) is 2.52. The molecule has 9 heteroatoms. The Labute approximate surface area is 131 Å². The molecule has 122 valence electrons. The lowest BCUT2D eigenvalue weighted by Crippen LogP contribution is -2.50. The number of nitrogens with zero attached hydrogens (tertiary/aromatic N) is 1. The summed E-state index contributed by atoms with van der Waals surface area (Å²) in [4.78, 5) is 33.7. The molecule has 0 radical (unpaired) electrons. The maximum absolute atomic E-state index is 11.9. The Hall–Kier alpha value is -3.10. The highest BCUT2D eigenvalue weighted by molar-refractivity contribution is 5.88. The number of benzene rings is 1. The van der Waals surface area contributed by atoms with E-state index in [0.29, 0.717) is 0 Å². The molecule has 0 bridgehead atoms. The topological polar surface area (TPSA) is 134 Å². The Balaban J connectivity index is 2.60. The van der Waals surface area contributed by atoms with Crippen molar-refractivity contribution in [3.05, 3.63) is 40.1 Å². The molecule has 0 spiro atoms. The van der Waals surface area contributed by atoms with Gasteiger partial charge in [-0.1, -0.05) is 6.58 Å². The second kappa shape index (κ2) is 5.95. The van der Waals surface area contributed by atoms with Crippen LogP contribution in [-0.2, 0) is 4.79 Å². The molecular weight excluding hydrogens is 306 g/mol. The minimum absolute atomic E-state index is 0.180. The van der Waals surface area contributed by atoms with Crippen LogP contribution in [-0.4, -0.2) is 23.8 Å². The van der Waals surface area contributed by atoms with Gasteiger partial charge in [-0.2, -0.15) is 0 Å². The number of rotatable bonds is 4. The van der Waals surface area contributed by atoms with Gasteiger partial charge in [0.15, 0.2) is 0 Å². The molecule has 2 atom stereocenters. The van der Waals surface area contributed by atoms with Gasteiger partial charge in [0.05, 0.1) is 24.0 Å². The Morgan fingerprint density at radius 1 is 1.43 bits per heavy atom. The summed E-state index contributed by atoms with van der Waals surface area (Å²) in [7, 11) is 1.20. The molecule has 2 amide bonds. The molecule has 0 aliphatic carbocycles. The predicted molar refractivity (Wildman–Crippen MR) is 76.8 cm³/mol. The van der Waals surface area contributed by atoms with Gasteiger partial charge >= 0.3 is 6.03 Å². The first kappa shape index (κ1) is 16.3. The van der Waals surface area contributed by atoms with Crippen LogP contribution in [0.5, 0.6) is 11.5 Å². The van der Waals surface area contributed by atoms with E-state index in [-0.39, 0.29) is 22.8 Å². The van der Waals surface area contributed by atoms with Crippen LogP contribution in [0.1, 0.15) is 18.5 Å². The average Bonchev–Trinajstić information content (AvgIpc) is 2.45. The molecule has 9 nitrogen and oxygen atoms in total. The minimum atomic E-state index is -0.887. The van der Waals surface area contributed by atoms with Crippen molar-refractivity contribution in [2.75, 3.05) is 7.11 Å². The summed E-state index contributed by atoms with van der Waals surface area (Å²) in [6.07, 6.45) is 0. The van der Waals surface area contributed by atoms with Crippen molar-refractivity contribution in [2.24, 2.45) is 5.92 Å². The van der Waals surface area contributed by atoms with Gasteiger partial charge in [0.2, 0.25) is 0 Å². The smallest absolute Gasteiger partial charge is 0.319 e. The van der Waals surface area contributed by atoms with E-state index >= 15 is 0 Å². The van der Waals surface area contributed by atoms with Gasteiger partial charge in [-0.3, -0.25) is 14.9 Å². The molecule has 1 fully saturated rings. The third-order valence-electron chi connectivity index (χ3n) is 3.54. The van der Waals surface area contributed by atoms with Crippen LogP contribution < -0.4 is 20.5 Å². The van der Waals surface area contributed by atoms with Gasteiger partial charge in [-0.25, -0.2) is 4.79 Å². The molecule has 0 saturated carbocycles. The quantitative estimate of drug-likeness (QED) is 0.621. The van der Waals surface area contributed by atoms with Gasteiger partial charge in [0.1, 0.15) is 11.5 Å². The number of methoxy groups -OCH3 is 1. The van der Waals surface area contributed by atoms with E-state index in [0.717, 1.165) is 6.07 Å². The van der Waals surface area contributed by atoms with Gasteiger partial charge in [-0.05, 0) is 18.6 Å². The van der Waals surface area contributed by atoms with Crippen LogP contribution in [0.15, 0.2) is 24.4 Å². The molecule has 1 aromatic rings. The molecule has 1 aliphatic heterocycles. The van der Waals surface area contributed by atoms with E-state index in [1.54, 1.807) is 0 Å². The lowest BCUT2D eigenvalue weighted by atomic mass is 9.86. The molecular formula is C14H14N3O6-. The van der Waals surface area contributed by atoms with Crippen molar-refractivity contribution in [3.63, 3.8) is 0 Å². The number of carbonyl (C=O) groups excluding carboxylic acids is 2. The molecule has 0 aromatic heterocycles. The highest BCUT2D eigenvalue weighted by Gasteiger charge is 2.36. The summed E-state index contributed by atoms with van der Waals surface area (Å²) in [5.41, 5.74) is -0.302. The van der Waals surface area contributed by atoms with Crippen LogP contribution >= 0.6 is 0 Å². The number of hydrogen-bond acceptors (Lipinski definition) is 6.